The number of oxime groups is 1. The second kappa shape index (κ2) is 5.86. The number of morpholine rings is 1. The molecule has 6 nitrogen and oxygen atoms in total. The molecule has 3 N–H and O–H groups in total. The Morgan fingerprint density at radius 3 is 2.47 bits per heavy atom. The van der Waals surface area contributed by atoms with Crippen LogP contribution in [-0.2, 0) is 9.53 Å². The van der Waals surface area contributed by atoms with Crippen molar-refractivity contribution >= 4 is 11.7 Å². The van der Waals surface area contributed by atoms with Crippen molar-refractivity contribution in [2.45, 2.75) is 39.4 Å². The molecule has 17 heavy (non-hydrogen) atoms. The molecule has 0 bridgehead atoms. The van der Waals surface area contributed by atoms with Gasteiger partial charge >= 0.3 is 0 Å². The minimum Gasteiger partial charge on any atom is -0.409 e. The molecule has 0 aromatic carbocycles. The Balaban J connectivity index is 2.73. The fourth-order valence-corrected chi connectivity index (χ4v) is 2.16. The first-order chi connectivity index (χ1) is 7.99. The van der Waals surface area contributed by atoms with Crippen LogP contribution in [-0.4, -0.2) is 47.1 Å². The molecule has 0 spiro atoms. The monoisotopic (exact) mass is 243 g/mol. The van der Waals surface area contributed by atoms with Gasteiger partial charge in [-0.25, -0.2) is 0 Å². The van der Waals surface area contributed by atoms with Crippen LogP contribution in [0.5, 0.6) is 0 Å². The third-order valence-corrected chi connectivity index (χ3v) is 2.91. The summed E-state index contributed by atoms with van der Waals surface area (Å²) in [5.41, 5.74) is 5.53. The van der Waals surface area contributed by atoms with E-state index < -0.39 is 5.92 Å². The number of hydrogen-bond donors (Lipinski definition) is 2. The first kappa shape index (κ1) is 13.8. The Hall–Kier alpha value is -1.30. The van der Waals surface area contributed by atoms with E-state index in [1.807, 2.05) is 20.8 Å². The summed E-state index contributed by atoms with van der Waals surface area (Å²) < 4.78 is 5.56. The van der Waals surface area contributed by atoms with Gasteiger partial charge in [-0.3, -0.25) is 4.79 Å². The zero-order valence-corrected chi connectivity index (χ0v) is 10.6. The highest BCUT2D eigenvalue weighted by Gasteiger charge is 2.31. The van der Waals surface area contributed by atoms with E-state index in [0.29, 0.717) is 19.5 Å². The van der Waals surface area contributed by atoms with Crippen molar-refractivity contribution in [2.75, 3.05) is 13.1 Å². The quantitative estimate of drug-likeness (QED) is 0.325. The number of ether oxygens (including phenoxy) is 1. The molecule has 1 aliphatic heterocycles. The van der Waals surface area contributed by atoms with Crippen LogP contribution in [0, 0.1) is 5.92 Å². The minimum absolute atomic E-state index is 0.0208. The lowest BCUT2D eigenvalue weighted by Crippen LogP contribution is -2.51. The number of amides is 1. The van der Waals surface area contributed by atoms with Crippen LogP contribution >= 0.6 is 0 Å². The molecule has 0 radical (unpaired) electrons. The predicted octanol–water partition coefficient (Wildman–Crippen LogP) is 0.395. The molecule has 0 aromatic rings. The van der Waals surface area contributed by atoms with Crippen molar-refractivity contribution in [3.63, 3.8) is 0 Å². The molecule has 1 rings (SSSR count). The maximum atomic E-state index is 12.2. The van der Waals surface area contributed by atoms with Gasteiger partial charge in [-0.05, 0) is 20.3 Å². The summed E-state index contributed by atoms with van der Waals surface area (Å²) in [6, 6.07) is 0. The van der Waals surface area contributed by atoms with Gasteiger partial charge in [-0.1, -0.05) is 12.1 Å². The van der Waals surface area contributed by atoms with E-state index in [0.717, 1.165) is 0 Å². The molecular formula is C11H21N3O3. The van der Waals surface area contributed by atoms with Crippen LogP contribution in [0.25, 0.3) is 0 Å². The summed E-state index contributed by atoms with van der Waals surface area (Å²) in [7, 11) is 0. The molecule has 1 aliphatic rings. The van der Waals surface area contributed by atoms with Gasteiger partial charge in [0.2, 0.25) is 5.91 Å². The average molecular weight is 243 g/mol. The van der Waals surface area contributed by atoms with Crippen molar-refractivity contribution in [3.8, 4) is 0 Å². The molecule has 1 amide bonds. The van der Waals surface area contributed by atoms with E-state index in [1.165, 1.54) is 0 Å². The van der Waals surface area contributed by atoms with E-state index in [1.54, 1.807) is 4.90 Å². The highest BCUT2D eigenvalue weighted by atomic mass is 16.5. The van der Waals surface area contributed by atoms with Crippen LogP contribution in [0.3, 0.4) is 0 Å². The van der Waals surface area contributed by atoms with Crippen LogP contribution in [0.1, 0.15) is 27.2 Å². The molecule has 0 saturated carbocycles. The average Bonchev–Trinajstić information content (AvgIpc) is 2.28. The van der Waals surface area contributed by atoms with Crippen LogP contribution in [0.4, 0.5) is 0 Å². The highest BCUT2D eigenvalue weighted by molar-refractivity contribution is 6.02. The number of hydrogen-bond acceptors (Lipinski definition) is 4. The topological polar surface area (TPSA) is 88.2 Å². The van der Waals surface area contributed by atoms with Gasteiger partial charge < -0.3 is 20.6 Å². The Kier molecular flexibility index (Phi) is 4.74. The Bertz CT molecular complexity index is 296. The number of nitrogens with two attached hydrogens (primary N) is 1. The summed E-state index contributed by atoms with van der Waals surface area (Å²) in [5, 5.41) is 11.6. The van der Waals surface area contributed by atoms with E-state index in [2.05, 4.69) is 5.16 Å². The summed E-state index contributed by atoms with van der Waals surface area (Å²) in [6.07, 6.45) is 0.564. The molecule has 1 saturated heterocycles. The fourth-order valence-electron chi connectivity index (χ4n) is 2.16. The number of carbonyl (C=O) groups excluding carboxylic acids is 1. The lowest BCUT2D eigenvalue weighted by Gasteiger charge is -2.36. The maximum absolute atomic E-state index is 12.2. The van der Waals surface area contributed by atoms with Crippen molar-refractivity contribution in [1.82, 2.24) is 4.90 Å². The van der Waals surface area contributed by atoms with Crippen LogP contribution < -0.4 is 5.73 Å². The molecule has 1 fully saturated rings. The van der Waals surface area contributed by atoms with Crippen molar-refractivity contribution < 1.29 is 14.7 Å². The van der Waals surface area contributed by atoms with Gasteiger partial charge in [-0.15, -0.1) is 0 Å². The van der Waals surface area contributed by atoms with Gasteiger partial charge in [0.25, 0.3) is 0 Å². The summed E-state index contributed by atoms with van der Waals surface area (Å²) in [6.45, 7) is 6.81. The predicted molar refractivity (Wildman–Crippen MR) is 63.8 cm³/mol. The molecule has 1 heterocycles. The van der Waals surface area contributed by atoms with Gasteiger partial charge in [0.05, 0.1) is 18.1 Å². The van der Waals surface area contributed by atoms with Crippen molar-refractivity contribution in [2.24, 2.45) is 16.8 Å². The van der Waals surface area contributed by atoms with Gasteiger partial charge in [0.1, 0.15) is 0 Å². The Labute approximate surface area is 101 Å². The van der Waals surface area contributed by atoms with E-state index >= 15 is 0 Å². The third-order valence-electron chi connectivity index (χ3n) is 2.91. The maximum Gasteiger partial charge on any atom is 0.233 e. The molecular weight excluding hydrogens is 222 g/mol. The summed E-state index contributed by atoms with van der Waals surface area (Å²) in [5.74, 6) is -0.661. The Morgan fingerprint density at radius 1 is 1.53 bits per heavy atom. The number of rotatable bonds is 3. The zero-order chi connectivity index (χ0) is 13.0. The first-order valence-electron chi connectivity index (χ1n) is 5.91. The molecule has 3 atom stereocenters. The zero-order valence-electron chi connectivity index (χ0n) is 10.6. The largest absolute Gasteiger partial charge is 0.409 e. The third kappa shape index (κ3) is 3.33. The second-order valence-electron chi connectivity index (χ2n) is 4.49. The fraction of sp³-hybridized carbons (Fsp3) is 0.818. The summed E-state index contributed by atoms with van der Waals surface area (Å²) in [4.78, 5) is 13.9. The van der Waals surface area contributed by atoms with Crippen molar-refractivity contribution in [3.05, 3.63) is 0 Å². The van der Waals surface area contributed by atoms with Gasteiger partial charge in [-0.2, -0.15) is 0 Å². The first-order valence-corrected chi connectivity index (χ1v) is 5.91. The lowest BCUT2D eigenvalue weighted by molar-refractivity contribution is -0.145. The SMILES string of the molecule is CCC(C(=O)N1C[C@@H](C)O[C@@H](C)C1)C(N)=NO. The van der Waals surface area contributed by atoms with E-state index in [9.17, 15) is 4.79 Å². The number of amidine groups is 1. The number of carbonyl (C=O) groups is 1. The molecule has 1 unspecified atom stereocenters. The normalized spacial score (nSPS) is 27.9. The Morgan fingerprint density at radius 2 is 2.06 bits per heavy atom. The van der Waals surface area contributed by atoms with E-state index in [4.69, 9.17) is 15.7 Å². The highest BCUT2D eigenvalue weighted by Crippen LogP contribution is 2.15. The molecule has 6 heteroatoms. The van der Waals surface area contributed by atoms with Gasteiger partial charge in [0.15, 0.2) is 5.84 Å². The smallest absolute Gasteiger partial charge is 0.233 e. The molecule has 0 aliphatic carbocycles. The molecule has 98 valence electrons. The number of nitrogens with zero attached hydrogens (tertiary/aromatic N) is 2. The second-order valence-corrected chi connectivity index (χ2v) is 4.49. The van der Waals surface area contributed by atoms with E-state index in [-0.39, 0.29) is 24.0 Å². The molecule has 0 aromatic heterocycles. The van der Waals surface area contributed by atoms with Crippen LogP contribution in [0.2, 0.25) is 0 Å². The van der Waals surface area contributed by atoms with Crippen molar-refractivity contribution in [1.29, 1.82) is 0 Å². The standard InChI is InChI=1S/C11H21N3O3/c1-4-9(10(12)13-16)11(15)14-5-7(2)17-8(3)6-14/h7-9,16H,4-6H2,1-3H3,(H2,12,13)/t7-,8+,9?. The lowest BCUT2D eigenvalue weighted by atomic mass is 10.0. The van der Waals surface area contributed by atoms with Gasteiger partial charge in [0, 0.05) is 13.1 Å². The minimum atomic E-state index is -0.544. The van der Waals surface area contributed by atoms with Crippen LogP contribution in [0.15, 0.2) is 5.16 Å². The summed E-state index contributed by atoms with van der Waals surface area (Å²) >= 11 is 0.